The van der Waals surface area contributed by atoms with Gasteiger partial charge in [-0.3, -0.25) is 9.59 Å². The molecule has 112 valence electrons. The molecule has 6 heteroatoms. The fourth-order valence-corrected chi connectivity index (χ4v) is 2.75. The fourth-order valence-electron chi connectivity index (χ4n) is 1.96. The maximum atomic E-state index is 12.1. The molecule has 22 heavy (non-hydrogen) atoms. The van der Waals surface area contributed by atoms with Gasteiger partial charge in [-0.1, -0.05) is 30.3 Å². The van der Waals surface area contributed by atoms with Gasteiger partial charge in [-0.25, -0.2) is 4.98 Å². The van der Waals surface area contributed by atoms with Crippen LogP contribution in [-0.4, -0.2) is 23.7 Å². The van der Waals surface area contributed by atoms with Crippen LogP contribution in [0.15, 0.2) is 35.7 Å². The normalized spacial score (nSPS) is 11.5. The van der Waals surface area contributed by atoms with Crippen LogP contribution in [0.4, 0.5) is 0 Å². The van der Waals surface area contributed by atoms with Crippen molar-refractivity contribution in [1.82, 2.24) is 10.3 Å². The summed E-state index contributed by atoms with van der Waals surface area (Å²) in [5, 5.41) is 13.7. The van der Waals surface area contributed by atoms with Crippen molar-refractivity contribution in [1.29, 1.82) is 5.26 Å². The van der Waals surface area contributed by atoms with E-state index in [-0.39, 0.29) is 5.69 Å². The second-order valence-corrected chi connectivity index (χ2v) is 5.60. The Kier molecular flexibility index (Phi) is 5.39. The number of aromatic nitrogens is 1. The highest BCUT2D eigenvalue weighted by atomic mass is 32.1. The number of amides is 1. The summed E-state index contributed by atoms with van der Waals surface area (Å²) in [6, 6.07) is 11.7. The number of Topliss-reactive ketones (excluding diaryl/α,β-unsaturated/α-hetero) is 1. The van der Waals surface area contributed by atoms with E-state index >= 15 is 0 Å². The minimum absolute atomic E-state index is 0.184. The molecular formula is C16H15N3O2S. The number of hydrogen-bond acceptors (Lipinski definition) is 5. The first kappa shape index (κ1) is 15.9. The van der Waals surface area contributed by atoms with Crippen LogP contribution in [0.25, 0.3) is 0 Å². The van der Waals surface area contributed by atoms with Crippen molar-refractivity contribution < 1.29 is 9.59 Å². The Bertz CT molecular complexity index is 704. The van der Waals surface area contributed by atoms with Crippen LogP contribution < -0.4 is 5.32 Å². The van der Waals surface area contributed by atoms with Crippen LogP contribution in [-0.2, 0) is 17.6 Å². The summed E-state index contributed by atoms with van der Waals surface area (Å²) in [6.45, 7) is 0. The molecule has 0 aliphatic carbocycles. The van der Waals surface area contributed by atoms with E-state index in [4.69, 9.17) is 5.26 Å². The predicted octanol–water partition coefficient (Wildman–Crippen LogP) is 2.00. The van der Waals surface area contributed by atoms with Crippen molar-refractivity contribution >= 4 is 23.0 Å². The quantitative estimate of drug-likeness (QED) is 0.653. The fraction of sp³-hybridized carbons (Fsp3) is 0.250. The summed E-state index contributed by atoms with van der Waals surface area (Å²) in [6.07, 6.45) is 1.55. The lowest BCUT2D eigenvalue weighted by Gasteiger charge is -2.03. The van der Waals surface area contributed by atoms with E-state index < -0.39 is 17.6 Å². The highest BCUT2D eigenvalue weighted by Crippen LogP contribution is 2.16. The smallest absolute Gasteiger partial charge is 0.245 e. The highest BCUT2D eigenvalue weighted by molar-refractivity contribution is 7.09. The van der Waals surface area contributed by atoms with Crippen LogP contribution in [0.1, 0.15) is 21.1 Å². The number of benzene rings is 1. The molecule has 0 unspecified atom stereocenters. The Morgan fingerprint density at radius 1 is 1.32 bits per heavy atom. The number of carbonyl (C=O) groups is 2. The van der Waals surface area contributed by atoms with Crippen molar-refractivity contribution in [3.8, 4) is 6.07 Å². The average Bonchev–Trinajstić information content (AvgIpc) is 3.03. The number of aryl methyl sites for hydroxylation is 2. The third kappa shape index (κ3) is 3.77. The van der Waals surface area contributed by atoms with Gasteiger partial charge in [-0.15, -0.1) is 11.3 Å². The summed E-state index contributed by atoms with van der Waals surface area (Å²) >= 11 is 1.37. The molecule has 2 aromatic rings. The van der Waals surface area contributed by atoms with E-state index in [1.165, 1.54) is 23.9 Å². The van der Waals surface area contributed by atoms with Gasteiger partial charge in [-0.05, 0) is 12.0 Å². The van der Waals surface area contributed by atoms with E-state index in [0.717, 1.165) is 17.8 Å². The van der Waals surface area contributed by atoms with Crippen LogP contribution in [0, 0.1) is 17.2 Å². The first-order valence-corrected chi connectivity index (χ1v) is 7.67. The zero-order valence-corrected chi connectivity index (χ0v) is 12.9. The Hall–Kier alpha value is -2.52. The van der Waals surface area contributed by atoms with E-state index in [1.54, 1.807) is 11.4 Å². The standard InChI is InChI=1S/C16H15N3O2S/c1-18-16(21)12(9-17)15(20)13-10-22-14(19-13)8-7-11-5-3-2-4-6-11/h2-6,10,12H,7-8H2,1H3,(H,18,21)/t12-/m1/s1. The van der Waals surface area contributed by atoms with E-state index in [1.807, 2.05) is 30.3 Å². The van der Waals surface area contributed by atoms with E-state index in [2.05, 4.69) is 10.3 Å². The first-order valence-electron chi connectivity index (χ1n) is 6.79. The summed E-state index contributed by atoms with van der Waals surface area (Å²) in [7, 11) is 1.40. The van der Waals surface area contributed by atoms with Gasteiger partial charge in [0.25, 0.3) is 0 Å². The molecule has 1 aromatic carbocycles. The summed E-state index contributed by atoms with van der Waals surface area (Å²) < 4.78 is 0. The maximum Gasteiger partial charge on any atom is 0.245 e. The summed E-state index contributed by atoms with van der Waals surface area (Å²) in [5.74, 6) is -2.50. The minimum atomic E-state index is -1.34. The molecule has 0 radical (unpaired) electrons. The van der Waals surface area contributed by atoms with Crippen LogP contribution in [0.2, 0.25) is 0 Å². The van der Waals surface area contributed by atoms with Crippen molar-refractivity contribution in [3.63, 3.8) is 0 Å². The Morgan fingerprint density at radius 3 is 2.68 bits per heavy atom. The van der Waals surface area contributed by atoms with Gasteiger partial charge in [0.2, 0.25) is 11.7 Å². The number of rotatable bonds is 6. The van der Waals surface area contributed by atoms with Crippen LogP contribution >= 0.6 is 11.3 Å². The molecular weight excluding hydrogens is 298 g/mol. The molecule has 0 aliphatic heterocycles. The average molecular weight is 313 g/mol. The number of nitrogens with one attached hydrogen (secondary N) is 1. The number of ketones is 1. The van der Waals surface area contributed by atoms with Gasteiger partial charge in [0.15, 0.2) is 5.92 Å². The van der Waals surface area contributed by atoms with Gasteiger partial charge in [0, 0.05) is 18.8 Å². The zero-order valence-electron chi connectivity index (χ0n) is 12.1. The van der Waals surface area contributed by atoms with Crippen LogP contribution in [0.5, 0.6) is 0 Å². The highest BCUT2D eigenvalue weighted by Gasteiger charge is 2.28. The molecule has 1 heterocycles. The number of nitriles is 1. The largest absolute Gasteiger partial charge is 0.358 e. The Labute approximate surface area is 132 Å². The van der Waals surface area contributed by atoms with Crippen molar-refractivity contribution in [3.05, 3.63) is 52.0 Å². The molecule has 0 saturated heterocycles. The third-order valence-electron chi connectivity index (χ3n) is 3.17. The maximum absolute atomic E-state index is 12.1. The van der Waals surface area contributed by atoms with Crippen molar-refractivity contribution in [2.24, 2.45) is 5.92 Å². The number of nitrogens with zero attached hydrogens (tertiary/aromatic N) is 2. The van der Waals surface area contributed by atoms with Gasteiger partial charge in [-0.2, -0.15) is 5.26 Å². The molecule has 1 aromatic heterocycles. The summed E-state index contributed by atoms with van der Waals surface area (Å²) in [4.78, 5) is 27.9. The molecule has 2 rings (SSSR count). The molecule has 1 N–H and O–H groups in total. The lowest BCUT2D eigenvalue weighted by Crippen LogP contribution is -2.32. The van der Waals surface area contributed by atoms with Crippen molar-refractivity contribution in [2.45, 2.75) is 12.8 Å². The molecule has 5 nitrogen and oxygen atoms in total. The SMILES string of the molecule is CNC(=O)[C@H](C#N)C(=O)c1csc(CCc2ccccc2)n1. The van der Waals surface area contributed by atoms with E-state index in [9.17, 15) is 9.59 Å². The molecule has 0 aliphatic rings. The lowest BCUT2D eigenvalue weighted by molar-refractivity contribution is -0.121. The zero-order chi connectivity index (χ0) is 15.9. The third-order valence-corrected chi connectivity index (χ3v) is 4.08. The first-order chi connectivity index (χ1) is 10.7. The molecule has 0 fully saturated rings. The lowest BCUT2D eigenvalue weighted by atomic mass is 10.0. The number of hydrogen-bond donors (Lipinski definition) is 1. The molecule has 0 bridgehead atoms. The molecule has 1 amide bonds. The second kappa shape index (κ2) is 7.48. The minimum Gasteiger partial charge on any atom is -0.358 e. The Balaban J connectivity index is 2.03. The predicted molar refractivity (Wildman–Crippen MR) is 83.5 cm³/mol. The van der Waals surface area contributed by atoms with E-state index in [0.29, 0.717) is 0 Å². The van der Waals surface area contributed by atoms with Gasteiger partial charge < -0.3 is 5.32 Å². The number of thiazole rings is 1. The van der Waals surface area contributed by atoms with Gasteiger partial charge in [0.05, 0.1) is 11.1 Å². The molecule has 1 atom stereocenters. The van der Waals surface area contributed by atoms with Gasteiger partial charge >= 0.3 is 0 Å². The number of carbonyl (C=O) groups excluding carboxylic acids is 2. The molecule has 0 spiro atoms. The topological polar surface area (TPSA) is 82.9 Å². The Morgan fingerprint density at radius 2 is 2.05 bits per heavy atom. The van der Waals surface area contributed by atoms with Crippen LogP contribution in [0.3, 0.4) is 0 Å². The van der Waals surface area contributed by atoms with Gasteiger partial charge in [0.1, 0.15) is 5.69 Å². The molecule has 0 saturated carbocycles. The second-order valence-electron chi connectivity index (χ2n) is 4.65. The monoisotopic (exact) mass is 313 g/mol. The summed E-state index contributed by atoms with van der Waals surface area (Å²) in [5.41, 5.74) is 1.38. The van der Waals surface area contributed by atoms with Crippen molar-refractivity contribution in [2.75, 3.05) is 7.05 Å².